The topological polar surface area (TPSA) is 9.23 Å². The van der Waals surface area contributed by atoms with Crippen molar-refractivity contribution >= 4 is 31.0 Å². The predicted octanol–water partition coefficient (Wildman–Crippen LogP) is 4.26. The summed E-state index contributed by atoms with van der Waals surface area (Å²) in [7, 11) is 7.82. The number of ether oxygens (including phenoxy) is 1. The van der Waals surface area contributed by atoms with Gasteiger partial charge in [0.1, 0.15) is 5.75 Å². The Kier molecular flexibility index (Phi) is 4.21. The molecular formula is C14H11BCl2O. The average Bonchev–Trinajstić information content (AvgIpc) is 2.38. The van der Waals surface area contributed by atoms with Crippen LogP contribution < -0.4 is 4.74 Å². The highest BCUT2D eigenvalue weighted by Crippen LogP contribution is 2.30. The number of methoxy groups -OCH3 is 1. The highest BCUT2D eigenvalue weighted by molar-refractivity contribution is 6.35. The van der Waals surface area contributed by atoms with Gasteiger partial charge in [-0.05, 0) is 41.2 Å². The van der Waals surface area contributed by atoms with E-state index in [4.69, 9.17) is 35.8 Å². The molecule has 2 rings (SSSR count). The predicted molar refractivity (Wildman–Crippen MR) is 77.1 cm³/mol. The second-order valence-electron chi connectivity index (χ2n) is 3.92. The van der Waals surface area contributed by atoms with Gasteiger partial charge in [-0.3, -0.25) is 0 Å². The normalized spacial score (nSPS) is 12.2. The zero-order valence-corrected chi connectivity index (χ0v) is 11.4. The van der Waals surface area contributed by atoms with Crippen LogP contribution in [0.15, 0.2) is 42.5 Å². The molecule has 1 atom stereocenters. The van der Waals surface area contributed by atoms with E-state index < -0.39 is 0 Å². The van der Waals surface area contributed by atoms with Gasteiger partial charge in [-0.25, -0.2) is 0 Å². The van der Waals surface area contributed by atoms with Gasteiger partial charge in [0.2, 0.25) is 0 Å². The Bertz CT molecular complexity index is 540. The van der Waals surface area contributed by atoms with Gasteiger partial charge in [0.05, 0.1) is 15.0 Å². The first-order valence-corrected chi connectivity index (χ1v) is 6.22. The smallest absolute Gasteiger partial charge is 0.118 e. The van der Waals surface area contributed by atoms with Gasteiger partial charge >= 0.3 is 0 Å². The lowest BCUT2D eigenvalue weighted by Crippen LogP contribution is -2.01. The number of rotatable bonds is 3. The zero-order valence-electron chi connectivity index (χ0n) is 9.86. The van der Waals surface area contributed by atoms with Crippen molar-refractivity contribution in [1.82, 2.24) is 0 Å². The van der Waals surface area contributed by atoms with Gasteiger partial charge in [0, 0.05) is 10.0 Å². The molecule has 2 radical (unpaired) electrons. The van der Waals surface area contributed by atoms with E-state index >= 15 is 0 Å². The van der Waals surface area contributed by atoms with Crippen molar-refractivity contribution in [3.63, 3.8) is 0 Å². The Labute approximate surface area is 118 Å². The number of hydrogen-bond acceptors (Lipinski definition) is 1. The fourth-order valence-electron chi connectivity index (χ4n) is 1.74. The van der Waals surface area contributed by atoms with Crippen molar-refractivity contribution in [2.24, 2.45) is 0 Å². The Hall–Kier alpha value is -1.12. The molecule has 2 aromatic carbocycles. The molecule has 90 valence electrons. The fraction of sp³-hybridized carbons (Fsp3) is 0.143. The van der Waals surface area contributed by atoms with E-state index in [0.717, 1.165) is 16.9 Å². The van der Waals surface area contributed by atoms with E-state index in [1.165, 1.54) is 0 Å². The molecule has 0 aromatic heterocycles. The summed E-state index contributed by atoms with van der Waals surface area (Å²) in [5.41, 5.74) is 1.83. The van der Waals surface area contributed by atoms with Crippen LogP contribution in [-0.2, 0) is 0 Å². The van der Waals surface area contributed by atoms with Gasteiger partial charge < -0.3 is 4.74 Å². The van der Waals surface area contributed by atoms with Crippen LogP contribution in [0.5, 0.6) is 5.75 Å². The summed E-state index contributed by atoms with van der Waals surface area (Å²) >= 11 is 12.0. The molecule has 0 amide bonds. The Morgan fingerprint density at radius 2 is 1.72 bits per heavy atom. The molecule has 0 heterocycles. The first kappa shape index (κ1) is 13.3. The first-order valence-electron chi connectivity index (χ1n) is 5.46. The molecule has 2 aromatic rings. The maximum atomic E-state index is 6.19. The van der Waals surface area contributed by atoms with Crippen LogP contribution in [0.2, 0.25) is 10.0 Å². The zero-order chi connectivity index (χ0) is 13.1. The molecule has 1 unspecified atom stereocenters. The Balaban J connectivity index is 2.31. The highest BCUT2D eigenvalue weighted by atomic mass is 35.5. The number of halogens is 2. The molecule has 0 N–H and O–H groups in total. The van der Waals surface area contributed by atoms with Crippen LogP contribution in [0.4, 0.5) is 0 Å². The van der Waals surface area contributed by atoms with Gasteiger partial charge in [-0.15, -0.1) is 0 Å². The summed E-state index contributed by atoms with van der Waals surface area (Å²) in [6.45, 7) is 0. The molecule has 4 heteroatoms. The summed E-state index contributed by atoms with van der Waals surface area (Å²) < 4.78 is 5.11. The third kappa shape index (κ3) is 2.82. The molecule has 0 saturated heterocycles. The minimum absolute atomic E-state index is 0.277. The van der Waals surface area contributed by atoms with E-state index in [1.54, 1.807) is 19.2 Å². The van der Waals surface area contributed by atoms with Gasteiger partial charge in [-0.1, -0.05) is 41.4 Å². The van der Waals surface area contributed by atoms with Crippen molar-refractivity contribution in [1.29, 1.82) is 0 Å². The molecule has 0 aliphatic carbocycles. The van der Waals surface area contributed by atoms with E-state index in [-0.39, 0.29) is 5.82 Å². The third-order valence-electron chi connectivity index (χ3n) is 2.77. The first-order chi connectivity index (χ1) is 8.61. The van der Waals surface area contributed by atoms with Crippen molar-refractivity contribution < 1.29 is 4.74 Å². The van der Waals surface area contributed by atoms with Crippen molar-refractivity contribution in [2.75, 3.05) is 7.11 Å². The molecule has 18 heavy (non-hydrogen) atoms. The van der Waals surface area contributed by atoms with Crippen LogP contribution in [0.3, 0.4) is 0 Å². The van der Waals surface area contributed by atoms with E-state index in [0.29, 0.717) is 10.0 Å². The fourth-order valence-corrected chi connectivity index (χ4v) is 2.27. The van der Waals surface area contributed by atoms with Crippen LogP contribution in [-0.4, -0.2) is 15.0 Å². The number of benzene rings is 2. The molecule has 0 aliphatic heterocycles. The number of hydrogen-bond donors (Lipinski definition) is 0. The second-order valence-corrected chi connectivity index (χ2v) is 4.76. The summed E-state index contributed by atoms with van der Waals surface area (Å²) in [4.78, 5) is 0. The minimum Gasteiger partial charge on any atom is -0.497 e. The molecule has 0 spiro atoms. The molecule has 0 aliphatic rings. The van der Waals surface area contributed by atoms with Crippen LogP contribution in [0, 0.1) is 0 Å². The van der Waals surface area contributed by atoms with Crippen molar-refractivity contribution in [2.45, 2.75) is 5.82 Å². The largest absolute Gasteiger partial charge is 0.497 e. The highest BCUT2D eigenvalue weighted by Gasteiger charge is 2.11. The van der Waals surface area contributed by atoms with Crippen LogP contribution in [0.1, 0.15) is 16.9 Å². The van der Waals surface area contributed by atoms with Crippen LogP contribution in [0.25, 0.3) is 0 Å². The van der Waals surface area contributed by atoms with Gasteiger partial charge in [0.15, 0.2) is 0 Å². The van der Waals surface area contributed by atoms with Gasteiger partial charge in [0.25, 0.3) is 0 Å². The molecule has 0 bridgehead atoms. The maximum absolute atomic E-state index is 6.19. The standard InChI is InChI=1S/C14H11BCl2O/c1-18-11-5-2-9(3-6-11)14(15)12-7-4-10(16)8-13(12)17/h2-8,14H,1H3. The average molecular weight is 277 g/mol. The third-order valence-corrected chi connectivity index (χ3v) is 3.33. The Morgan fingerprint density at radius 3 is 2.28 bits per heavy atom. The molecule has 0 fully saturated rings. The van der Waals surface area contributed by atoms with E-state index in [1.807, 2.05) is 30.3 Å². The lowest BCUT2D eigenvalue weighted by atomic mass is 9.76. The lowest BCUT2D eigenvalue weighted by Gasteiger charge is -2.15. The minimum atomic E-state index is -0.277. The van der Waals surface area contributed by atoms with Crippen molar-refractivity contribution in [3.8, 4) is 5.75 Å². The maximum Gasteiger partial charge on any atom is 0.118 e. The Morgan fingerprint density at radius 1 is 1.06 bits per heavy atom. The quantitative estimate of drug-likeness (QED) is 0.761. The summed E-state index contributed by atoms with van der Waals surface area (Å²) in [5, 5.41) is 1.18. The molecule has 1 nitrogen and oxygen atoms in total. The summed E-state index contributed by atoms with van der Waals surface area (Å²) in [5.74, 6) is 0.522. The molecular weight excluding hydrogens is 266 g/mol. The molecule has 0 saturated carbocycles. The van der Waals surface area contributed by atoms with E-state index in [2.05, 4.69) is 0 Å². The SMILES string of the molecule is [B]C(c1ccc(OC)cc1)c1ccc(Cl)cc1Cl. The summed E-state index contributed by atoms with van der Waals surface area (Å²) in [6.07, 6.45) is 0. The lowest BCUT2D eigenvalue weighted by molar-refractivity contribution is 0.414. The van der Waals surface area contributed by atoms with E-state index in [9.17, 15) is 0 Å². The summed E-state index contributed by atoms with van der Waals surface area (Å²) in [6, 6.07) is 12.9. The monoisotopic (exact) mass is 276 g/mol. The van der Waals surface area contributed by atoms with Crippen LogP contribution >= 0.6 is 23.2 Å². The van der Waals surface area contributed by atoms with Crippen molar-refractivity contribution in [3.05, 3.63) is 63.6 Å². The second kappa shape index (κ2) is 5.68. The van der Waals surface area contributed by atoms with Gasteiger partial charge in [-0.2, -0.15) is 0 Å².